The first kappa shape index (κ1) is 17.7. The fourth-order valence-corrected chi connectivity index (χ4v) is 2.55. The van der Waals surface area contributed by atoms with E-state index in [4.69, 9.17) is 16.3 Å². The molecule has 0 unspecified atom stereocenters. The van der Waals surface area contributed by atoms with Crippen LogP contribution in [0.25, 0.3) is 10.9 Å². The molecule has 6 nitrogen and oxygen atoms in total. The third-order valence-corrected chi connectivity index (χ3v) is 3.92. The molecular formula is C19H16ClN3O3. The van der Waals surface area contributed by atoms with Gasteiger partial charge in [0.15, 0.2) is 0 Å². The highest BCUT2D eigenvalue weighted by Gasteiger charge is 2.08. The van der Waals surface area contributed by atoms with Crippen LogP contribution in [-0.4, -0.2) is 22.3 Å². The van der Waals surface area contributed by atoms with Crippen molar-refractivity contribution < 1.29 is 9.53 Å². The van der Waals surface area contributed by atoms with E-state index in [1.165, 1.54) is 17.0 Å². The van der Waals surface area contributed by atoms with Crippen molar-refractivity contribution in [3.05, 3.63) is 82.4 Å². The second kappa shape index (κ2) is 7.84. The van der Waals surface area contributed by atoms with Crippen LogP contribution in [0.5, 0.6) is 0 Å². The van der Waals surface area contributed by atoms with Gasteiger partial charge in [-0.15, -0.1) is 0 Å². The van der Waals surface area contributed by atoms with Gasteiger partial charge in [0, 0.05) is 10.7 Å². The molecule has 1 aromatic heterocycles. The number of benzene rings is 2. The molecule has 0 bridgehead atoms. The topological polar surface area (TPSA) is 73.2 Å². The zero-order valence-corrected chi connectivity index (χ0v) is 14.6. The van der Waals surface area contributed by atoms with Crippen molar-refractivity contribution in [2.24, 2.45) is 0 Å². The Balaban J connectivity index is 1.89. The highest BCUT2D eigenvalue weighted by Crippen LogP contribution is 2.15. The predicted octanol–water partition coefficient (Wildman–Crippen LogP) is 3.83. The number of nitrogens with one attached hydrogen (secondary N) is 1. The number of anilines is 1. The first-order valence-electron chi connectivity index (χ1n) is 7.85. The van der Waals surface area contributed by atoms with E-state index in [2.05, 4.69) is 16.9 Å². The Morgan fingerprint density at radius 3 is 2.77 bits per heavy atom. The Kier molecular flexibility index (Phi) is 5.34. The monoisotopic (exact) mass is 369 g/mol. The molecule has 7 heteroatoms. The van der Waals surface area contributed by atoms with Crippen LogP contribution in [0.15, 0.2) is 66.2 Å². The number of hydrogen-bond acceptors (Lipinski definition) is 4. The van der Waals surface area contributed by atoms with Gasteiger partial charge in [0.05, 0.1) is 23.8 Å². The molecule has 1 heterocycles. The second-order valence-corrected chi connectivity index (χ2v) is 5.98. The molecule has 0 saturated heterocycles. The molecule has 0 saturated carbocycles. The molecule has 1 amide bonds. The highest BCUT2D eigenvalue weighted by atomic mass is 35.5. The van der Waals surface area contributed by atoms with E-state index in [0.717, 1.165) is 5.56 Å². The van der Waals surface area contributed by atoms with E-state index in [9.17, 15) is 9.59 Å². The average Bonchev–Trinajstić information content (AvgIpc) is 2.64. The van der Waals surface area contributed by atoms with E-state index in [-0.39, 0.29) is 12.2 Å². The van der Waals surface area contributed by atoms with Crippen LogP contribution in [-0.2, 0) is 11.3 Å². The summed E-state index contributed by atoms with van der Waals surface area (Å²) in [6.45, 7) is 3.96. The molecule has 0 atom stereocenters. The van der Waals surface area contributed by atoms with Gasteiger partial charge in [0.2, 0.25) is 0 Å². The molecule has 2 aromatic carbocycles. The quantitative estimate of drug-likeness (QED) is 0.693. The number of ether oxygens (including phenoxy) is 1. The smallest absolute Gasteiger partial charge is 0.411 e. The van der Waals surface area contributed by atoms with Crippen LogP contribution in [0.3, 0.4) is 0 Å². The van der Waals surface area contributed by atoms with Crippen molar-refractivity contribution in [3.63, 3.8) is 0 Å². The highest BCUT2D eigenvalue weighted by molar-refractivity contribution is 6.30. The number of amides is 1. The number of fused-ring (bicyclic) bond motifs is 1. The molecule has 3 aromatic rings. The molecular weight excluding hydrogens is 354 g/mol. The zero-order valence-electron chi connectivity index (χ0n) is 13.8. The molecule has 26 heavy (non-hydrogen) atoms. The van der Waals surface area contributed by atoms with Gasteiger partial charge >= 0.3 is 6.09 Å². The molecule has 0 radical (unpaired) electrons. The summed E-state index contributed by atoms with van der Waals surface area (Å²) in [7, 11) is 0. The Labute approximate surface area is 154 Å². The van der Waals surface area contributed by atoms with Gasteiger partial charge in [-0.25, -0.2) is 9.78 Å². The van der Waals surface area contributed by atoms with Crippen LogP contribution in [0.4, 0.5) is 10.5 Å². The number of hydrogen-bond donors (Lipinski definition) is 1. The fourth-order valence-electron chi connectivity index (χ4n) is 2.42. The SMILES string of the molecule is C=CCOC(=O)Nc1ccc2ncn(Cc3ccc(Cl)cc3)c(=O)c2c1. The minimum absolute atomic E-state index is 0.106. The van der Waals surface area contributed by atoms with E-state index < -0.39 is 6.09 Å². The number of rotatable bonds is 5. The Hall–Kier alpha value is -3.12. The maximum atomic E-state index is 12.7. The standard InChI is InChI=1S/C19H16ClN3O3/c1-2-9-26-19(25)22-15-7-8-17-16(10-15)18(24)23(12-21-17)11-13-3-5-14(20)6-4-13/h2-8,10,12H,1,9,11H2,(H,22,25). The summed E-state index contributed by atoms with van der Waals surface area (Å²) in [5.41, 5.74) is 1.73. The van der Waals surface area contributed by atoms with Crippen molar-refractivity contribution in [2.75, 3.05) is 11.9 Å². The molecule has 0 aliphatic heterocycles. The van der Waals surface area contributed by atoms with Crippen LogP contribution >= 0.6 is 11.6 Å². The van der Waals surface area contributed by atoms with Crippen molar-refractivity contribution in [2.45, 2.75) is 6.54 Å². The number of carbonyl (C=O) groups is 1. The van der Waals surface area contributed by atoms with Crippen molar-refractivity contribution >= 4 is 34.3 Å². The molecule has 0 aliphatic carbocycles. The van der Waals surface area contributed by atoms with Crippen molar-refractivity contribution in [1.29, 1.82) is 0 Å². The van der Waals surface area contributed by atoms with E-state index in [1.807, 2.05) is 12.1 Å². The van der Waals surface area contributed by atoms with Crippen molar-refractivity contribution in [3.8, 4) is 0 Å². The maximum absolute atomic E-state index is 12.7. The van der Waals surface area contributed by atoms with Crippen LogP contribution in [0.1, 0.15) is 5.56 Å². The molecule has 132 valence electrons. The molecule has 3 rings (SSSR count). The number of nitrogens with zero attached hydrogens (tertiary/aromatic N) is 2. The summed E-state index contributed by atoms with van der Waals surface area (Å²) in [6.07, 6.45) is 2.36. The van der Waals surface area contributed by atoms with Crippen LogP contribution in [0.2, 0.25) is 5.02 Å². The normalized spacial score (nSPS) is 10.5. The summed E-state index contributed by atoms with van der Waals surface area (Å²) in [5.74, 6) is 0. The van der Waals surface area contributed by atoms with Gasteiger partial charge in [-0.2, -0.15) is 0 Å². The molecule has 0 fully saturated rings. The summed E-state index contributed by atoms with van der Waals surface area (Å²) in [4.78, 5) is 28.7. The van der Waals surface area contributed by atoms with Gasteiger partial charge in [-0.3, -0.25) is 14.7 Å². The van der Waals surface area contributed by atoms with Gasteiger partial charge in [0.25, 0.3) is 5.56 Å². The average molecular weight is 370 g/mol. The Morgan fingerprint density at radius 1 is 1.27 bits per heavy atom. The lowest BCUT2D eigenvalue weighted by Crippen LogP contribution is -2.21. The number of aromatic nitrogens is 2. The van der Waals surface area contributed by atoms with E-state index in [1.54, 1.807) is 30.3 Å². The summed E-state index contributed by atoms with van der Waals surface area (Å²) >= 11 is 5.88. The van der Waals surface area contributed by atoms with E-state index >= 15 is 0 Å². The first-order valence-corrected chi connectivity index (χ1v) is 8.23. The predicted molar refractivity (Wildman–Crippen MR) is 102 cm³/mol. The fraction of sp³-hybridized carbons (Fsp3) is 0.105. The second-order valence-electron chi connectivity index (χ2n) is 5.55. The largest absolute Gasteiger partial charge is 0.445 e. The first-order chi connectivity index (χ1) is 12.6. The van der Waals surface area contributed by atoms with Gasteiger partial charge in [-0.1, -0.05) is 36.4 Å². The lowest BCUT2D eigenvalue weighted by molar-refractivity contribution is 0.174. The number of carbonyl (C=O) groups excluding carboxylic acids is 1. The van der Waals surface area contributed by atoms with Crippen LogP contribution in [0, 0.1) is 0 Å². The lowest BCUT2D eigenvalue weighted by Gasteiger charge is -2.09. The minimum atomic E-state index is -0.616. The van der Waals surface area contributed by atoms with Gasteiger partial charge in [0.1, 0.15) is 6.61 Å². The summed E-state index contributed by atoms with van der Waals surface area (Å²) < 4.78 is 6.38. The minimum Gasteiger partial charge on any atom is -0.445 e. The summed E-state index contributed by atoms with van der Waals surface area (Å²) in [6, 6.07) is 12.2. The zero-order chi connectivity index (χ0) is 18.5. The molecule has 0 spiro atoms. The maximum Gasteiger partial charge on any atom is 0.411 e. The van der Waals surface area contributed by atoms with Crippen molar-refractivity contribution in [1.82, 2.24) is 9.55 Å². The lowest BCUT2D eigenvalue weighted by atomic mass is 10.2. The van der Waals surface area contributed by atoms with Crippen LogP contribution < -0.4 is 10.9 Å². The molecule has 1 N–H and O–H groups in total. The number of halogens is 1. The third kappa shape index (κ3) is 4.10. The van der Waals surface area contributed by atoms with Gasteiger partial charge in [-0.05, 0) is 35.9 Å². The summed E-state index contributed by atoms with van der Waals surface area (Å²) in [5, 5.41) is 3.61. The Morgan fingerprint density at radius 2 is 2.04 bits per heavy atom. The Bertz CT molecular complexity index is 1010. The van der Waals surface area contributed by atoms with Gasteiger partial charge < -0.3 is 4.74 Å². The molecule has 0 aliphatic rings. The third-order valence-electron chi connectivity index (χ3n) is 3.67. The van der Waals surface area contributed by atoms with E-state index in [0.29, 0.717) is 28.2 Å².